The summed E-state index contributed by atoms with van der Waals surface area (Å²) in [6.07, 6.45) is 1.24. The first-order valence-corrected chi connectivity index (χ1v) is 5.63. The van der Waals surface area contributed by atoms with Crippen molar-refractivity contribution in [1.82, 2.24) is 5.32 Å². The summed E-state index contributed by atoms with van der Waals surface area (Å²) in [5, 5.41) is 11.5. The summed E-state index contributed by atoms with van der Waals surface area (Å²) in [5.41, 5.74) is 1.14. The number of methoxy groups -OCH3 is 1. The monoisotopic (exact) mass is 234 g/mol. The second kappa shape index (κ2) is 7.53. The van der Waals surface area contributed by atoms with E-state index < -0.39 is 0 Å². The molecule has 0 heterocycles. The smallest absolute Gasteiger partial charge is 0.161 e. The number of rotatable bonds is 7. The lowest BCUT2D eigenvalue weighted by Gasteiger charge is -2.11. The van der Waals surface area contributed by atoms with Crippen LogP contribution in [0.5, 0.6) is 11.5 Å². The summed E-state index contributed by atoms with van der Waals surface area (Å²) in [4.78, 5) is 0. The van der Waals surface area contributed by atoms with E-state index in [1.54, 1.807) is 7.11 Å². The van der Waals surface area contributed by atoms with Gasteiger partial charge >= 0.3 is 0 Å². The third-order valence-corrected chi connectivity index (χ3v) is 2.30. The molecule has 0 unspecified atom stereocenters. The Bertz CT molecular complexity index is 385. The van der Waals surface area contributed by atoms with Crippen molar-refractivity contribution >= 4 is 0 Å². The summed E-state index contributed by atoms with van der Waals surface area (Å²) >= 11 is 0. The molecule has 17 heavy (non-hydrogen) atoms. The summed E-state index contributed by atoms with van der Waals surface area (Å²) in [7, 11) is 3.52. The van der Waals surface area contributed by atoms with Gasteiger partial charge in [0, 0.05) is 13.0 Å². The minimum absolute atomic E-state index is 0.512. The normalized spacial score (nSPS) is 9.71. The van der Waals surface area contributed by atoms with E-state index in [0.29, 0.717) is 13.0 Å². The van der Waals surface area contributed by atoms with Crippen LogP contribution in [0.2, 0.25) is 0 Å². The molecule has 0 aliphatic heterocycles. The lowest BCUT2D eigenvalue weighted by molar-refractivity contribution is 0.290. The van der Waals surface area contributed by atoms with Gasteiger partial charge < -0.3 is 14.8 Å². The second-order valence-electron chi connectivity index (χ2n) is 3.63. The lowest BCUT2D eigenvalue weighted by Crippen LogP contribution is -2.06. The predicted octanol–water partition coefficient (Wildman–Crippen LogP) is 2.10. The third kappa shape index (κ3) is 4.33. The third-order valence-electron chi connectivity index (χ3n) is 2.30. The van der Waals surface area contributed by atoms with Crippen molar-refractivity contribution in [3.8, 4) is 17.6 Å². The maximum Gasteiger partial charge on any atom is 0.161 e. The zero-order valence-corrected chi connectivity index (χ0v) is 10.3. The number of unbranched alkanes of at least 4 members (excludes halogenated alkanes) is 1. The zero-order chi connectivity index (χ0) is 12.5. The zero-order valence-electron chi connectivity index (χ0n) is 10.3. The predicted molar refractivity (Wildman–Crippen MR) is 66.1 cm³/mol. The maximum absolute atomic E-state index is 8.44. The van der Waals surface area contributed by atoms with Crippen molar-refractivity contribution in [3.63, 3.8) is 0 Å². The molecule has 1 rings (SSSR count). The molecule has 0 aromatic heterocycles. The van der Waals surface area contributed by atoms with Gasteiger partial charge in [0.2, 0.25) is 0 Å². The highest BCUT2D eigenvalue weighted by molar-refractivity contribution is 5.42. The van der Waals surface area contributed by atoms with Gasteiger partial charge in [-0.3, -0.25) is 0 Å². The van der Waals surface area contributed by atoms with E-state index in [-0.39, 0.29) is 0 Å². The molecule has 1 aromatic rings. The molecule has 0 spiro atoms. The molecule has 0 saturated carbocycles. The highest BCUT2D eigenvalue weighted by Crippen LogP contribution is 2.28. The minimum Gasteiger partial charge on any atom is -0.493 e. The van der Waals surface area contributed by atoms with E-state index in [9.17, 15) is 0 Å². The van der Waals surface area contributed by atoms with Crippen LogP contribution in [0.3, 0.4) is 0 Å². The fraction of sp³-hybridized carbons (Fsp3) is 0.462. The van der Waals surface area contributed by atoms with E-state index in [4.69, 9.17) is 14.7 Å². The van der Waals surface area contributed by atoms with Gasteiger partial charge in [0.05, 0.1) is 19.8 Å². The molecule has 0 radical (unpaired) electrons. The number of hydrogen-bond acceptors (Lipinski definition) is 4. The van der Waals surface area contributed by atoms with E-state index in [0.717, 1.165) is 30.0 Å². The molecular weight excluding hydrogens is 216 g/mol. The van der Waals surface area contributed by atoms with E-state index in [1.165, 1.54) is 0 Å². The van der Waals surface area contributed by atoms with Gasteiger partial charge in [-0.25, -0.2) is 0 Å². The molecule has 4 nitrogen and oxygen atoms in total. The van der Waals surface area contributed by atoms with Gasteiger partial charge in [0.15, 0.2) is 11.5 Å². The quantitative estimate of drug-likeness (QED) is 0.734. The molecule has 0 saturated heterocycles. The SMILES string of the molecule is CNCc1ccc(OC)c(OCCCC#N)c1. The van der Waals surface area contributed by atoms with Crippen LogP contribution in [0.25, 0.3) is 0 Å². The van der Waals surface area contributed by atoms with Crippen LogP contribution in [0.15, 0.2) is 18.2 Å². The van der Waals surface area contributed by atoms with Crippen LogP contribution in [-0.4, -0.2) is 20.8 Å². The molecular formula is C13H18N2O2. The summed E-state index contributed by atoms with van der Waals surface area (Å²) in [6, 6.07) is 7.95. The van der Waals surface area contributed by atoms with Gasteiger partial charge in [0.1, 0.15) is 0 Å². The number of benzene rings is 1. The van der Waals surface area contributed by atoms with Gasteiger partial charge in [-0.05, 0) is 31.2 Å². The lowest BCUT2D eigenvalue weighted by atomic mass is 10.2. The molecule has 4 heteroatoms. The van der Waals surface area contributed by atoms with Crippen molar-refractivity contribution in [2.24, 2.45) is 0 Å². The first-order valence-electron chi connectivity index (χ1n) is 5.63. The fourth-order valence-electron chi connectivity index (χ4n) is 1.48. The number of nitrogens with zero attached hydrogens (tertiary/aromatic N) is 1. The van der Waals surface area contributed by atoms with Gasteiger partial charge in [-0.1, -0.05) is 6.07 Å². The van der Waals surface area contributed by atoms with Crippen molar-refractivity contribution in [3.05, 3.63) is 23.8 Å². The fourth-order valence-corrected chi connectivity index (χ4v) is 1.48. The van der Waals surface area contributed by atoms with Gasteiger partial charge in [-0.2, -0.15) is 5.26 Å². The summed E-state index contributed by atoms with van der Waals surface area (Å²) in [5.74, 6) is 1.46. The first-order chi connectivity index (χ1) is 8.31. The minimum atomic E-state index is 0.512. The molecule has 0 aliphatic carbocycles. The molecule has 0 aliphatic rings. The van der Waals surface area contributed by atoms with Gasteiger partial charge in [-0.15, -0.1) is 0 Å². The Balaban J connectivity index is 2.65. The van der Waals surface area contributed by atoms with E-state index in [2.05, 4.69) is 11.4 Å². The summed E-state index contributed by atoms with van der Waals surface area (Å²) in [6.45, 7) is 1.32. The van der Waals surface area contributed by atoms with Gasteiger partial charge in [0.25, 0.3) is 0 Å². The first kappa shape index (κ1) is 13.3. The van der Waals surface area contributed by atoms with Crippen LogP contribution in [0.1, 0.15) is 18.4 Å². The van der Waals surface area contributed by atoms with Crippen molar-refractivity contribution < 1.29 is 9.47 Å². The molecule has 0 atom stereocenters. The highest BCUT2D eigenvalue weighted by Gasteiger charge is 2.05. The summed E-state index contributed by atoms with van der Waals surface area (Å²) < 4.78 is 10.8. The highest BCUT2D eigenvalue weighted by atomic mass is 16.5. The van der Waals surface area contributed by atoms with Crippen LogP contribution in [-0.2, 0) is 6.54 Å². The van der Waals surface area contributed by atoms with E-state index >= 15 is 0 Å². The molecule has 0 amide bonds. The molecule has 0 fully saturated rings. The molecule has 1 N–H and O–H groups in total. The second-order valence-corrected chi connectivity index (χ2v) is 3.63. The Morgan fingerprint density at radius 2 is 2.18 bits per heavy atom. The standard InChI is InChI=1S/C13H18N2O2/c1-15-10-11-5-6-12(16-2)13(9-11)17-8-4-3-7-14/h5-6,9,15H,3-4,8,10H2,1-2H3. The van der Waals surface area contributed by atoms with Crippen molar-refractivity contribution in [2.45, 2.75) is 19.4 Å². The molecule has 0 bridgehead atoms. The largest absolute Gasteiger partial charge is 0.493 e. The number of nitriles is 1. The number of nitrogens with one attached hydrogen (secondary N) is 1. The molecule has 92 valence electrons. The van der Waals surface area contributed by atoms with Crippen LogP contribution in [0, 0.1) is 11.3 Å². The number of ether oxygens (including phenoxy) is 2. The average molecular weight is 234 g/mol. The Morgan fingerprint density at radius 3 is 2.82 bits per heavy atom. The average Bonchev–Trinajstić information content (AvgIpc) is 2.35. The Hall–Kier alpha value is -1.73. The van der Waals surface area contributed by atoms with Crippen molar-refractivity contribution in [1.29, 1.82) is 5.26 Å². The van der Waals surface area contributed by atoms with Crippen molar-refractivity contribution in [2.75, 3.05) is 20.8 Å². The topological polar surface area (TPSA) is 54.3 Å². The Kier molecular flexibility index (Phi) is 5.91. The number of hydrogen-bond donors (Lipinski definition) is 1. The van der Waals surface area contributed by atoms with Crippen LogP contribution < -0.4 is 14.8 Å². The molecule has 1 aromatic carbocycles. The van der Waals surface area contributed by atoms with Crippen LogP contribution >= 0.6 is 0 Å². The Labute approximate surface area is 102 Å². The Morgan fingerprint density at radius 1 is 1.35 bits per heavy atom. The van der Waals surface area contributed by atoms with E-state index in [1.807, 2.05) is 25.2 Å². The maximum atomic E-state index is 8.44. The van der Waals surface area contributed by atoms with Crippen LogP contribution in [0.4, 0.5) is 0 Å².